The van der Waals surface area contributed by atoms with Gasteiger partial charge in [0.2, 0.25) is 0 Å². The van der Waals surface area contributed by atoms with Gasteiger partial charge in [0, 0.05) is 20.0 Å². The molecule has 0 unspecified atom stereocenters. The molecule has 11 heteroatoms. The van der Waals surface area contributed by atoms with Gasteiger partial charge < -0.3 is 35.1 Å². The molecular weight excluding hydrogens is 484 g/mol. The number of ketones is 1. The van der Waals surface area contributed by atoms with Crippen LogP contribution in [0.15, 0.2) is 30.4 Å². The smallest absolute Gasteiger partial charge is 0.412 e. The van der Waals surface area contributed by atoms with Crippen LogP contribution in [0, 0.1) is 5.92 Å². The minimum Gasteiger partial charge on any atom is -0.458 e. The maximum absolute atomic E-state index is 13.3. The Kier molecular flexibility index (Phi) is 11.3. The second-order valence-corrected chi connectivity index (χ2v) is 8.57. The number of aliphatic hydroxyl groups excluding tert-OH is 2. The Balaban J connectivity index is 2.52. The van der Waals surface area contributed by atoms with Gasteiger partial charge in [-0.25, -0.2) is 14.4 Å². The van der Waals surface area contributed by atoms with Crippen molar-refractivity contribution < 1.29 is 43.6 Å². The number of benzene rings is 1. The molecule has 1 aromatic carbocycles. The van der Waals surface area contributed by atoms with E-state index in [9.17, 15) is 29.4 Å². The molecule has 2 rings (SSSR count). The SMILES string of the molecule is CNC(=O)OCCCc1cc2c(c(OC(=O)NC)c1)C(=O)O[C@@H](C)[C@H](C)/C=C\C(=O)[C@@H](O)[C@@H](O)C/C=C/2. The van der Waals surface area contributed by atoms with E-state index in [1.165, 1.54) is 38.4 Å². The number of nitrogens with one attached hydrogen (secondary N) is 2. The van der Waals surface area contributed by atoms with Crippen molar-refractivity contribution in [2.45, 2.75) is 51.4 Å². The van der Waals surface area contributed by atoms with Gasteiger partial charge >= 0.3 is 18.2 Å². The van der Waals surface area contributed by atoms with E-state index in [1.807, 2.05) is 0 Å². The number of amides is 2. The minimum absolute atomic E-state index is 0.00332. The predicted octanol–water partition coefficient (Wildman–Crippen LogP) is 2.14. The van der Waals surface area contributed by atoms with E-state index in [4.69, 9.17) is 14.2 Å². The van der Waals surface area contributed by atoms with Gasteiger partial charge in [-0.3, -0.25) is 4.79 Å². The van der Waals surface area contributed by atoms with Crippen molar-refractivity contribution in [1.82, 2.24) is 10.6 Å². The molecule has 0 bridgehead atoms. The summed E-state index contributed by atoms with van der Waals surface area (Å²) < 4.78 is 16.0. The van der Waals surface area contributed by atoms with Gasteiger partial charge in [-0.05, 0) is 49.5 Å². The standard InChI is InChI=1S/C26H34N2O9/c1-15-10-11-20(30)23(31)19(29)9-5-8-18-13-17(7-6-12-35-25(33)27-3)14-21(37-26(34)28-4)22(18)24(32)36-16(15)2/h5,8,10-11,13-16,19,23,29,31H,6-7,9,12H2,1-4H3,(H,27,33)(H,28,34)/b8-5+,11-10-/t15-,16+,19+,23+/m1/s1. The molecule has 202 valence electrons. The summed E-state index contributed by atoms with van der Waals surface area (Å²) in [6, 6.07) is 3.23. The molecule has 0 aromatic heterocycles. The van der Waals surface area contributed by atoms with Crippen molar-refractivity contribution in [1.29, 1.82) is 0 Å². The molecule has 0 aliphatic carbocycles. The van der Waals surface area contributed by atoms with E-state index in [-0.39, 0.29) is 24.3 Å². The van der Waals surface area contributed by atoms with Crippen molar-refractivity contribution in [3.63, 3.8) is 0 Å². The van der Waals surface area contributed by atoms with Crippen LogP contribution in [0.3, 0.4) is 0 Å². The summed E-state index contributed by atoms with van der Waals surface area (Å²) in [6.07, 6.45) is 1.44. The van der Waals surface area contributed by atoms with Gasteiger partial charge in [-0.2, -0.15) is 0 Å². The van der Waals surface area contributed by atoms with Crippen LogP contribution >= 0.6 is 0 Å². The number of hydrogen-bond acceptors (Lipinski definition) is 9. The molecule has 0 fully saturated rings. The number of carbonyl (C=O) groups is 4. The van der Waals surface area contributed by atoms with Gasteiger partial charge in [0.1, 0.15) is 23.5 Å². The highest BCUT2D eigenvalue weighted by atomic mass is 16.6. The number of ether oxygens (including phenoxy) is 3. The molecule has 2 amide bonds. The molecule has 4 atom stereocenters. The molecule has 1 aliphatic rings. The minimum atomic E-state index is -1.62. The van der Waals surface area contributed by atoms with Gasteiger partial charge in [-0.15, -0.1) is 0 Å². The fraction of sp³-hybridized carbons (Fsp3) is 0.462. The Morgan fingerprint density at radius 2 is 1.78 bits per heavy atom. The van der Waals surface area contributed by atoms with Gasteiger partial charge in [-0.1, -0.05) is 31.2 Å². The number of cyclic esters (lactones) is 1. The molecule has 0 saturated carbocycles. The average molecular weight is 519 g/mol. The molecule has 0 radical (unpaired) electrons. The Morgan fingerprint density at radius 1 is 1.08 bits per heavy atom. The lowest BCUT2D eigenvalue weighted by molar-refractivity contribution is -0.127. The van der Waals surface area contributed by atoms with Crippen molar-refractivity contribution in [2.24, 2.45) is 5.92 Å². The summed E-state index contributed by atoms with van der Waals surface area (Å²) in [5, 5.41) is 25.1. The number of hydrogen-bond donors (Lipinski definition) is 4. The third kappa shape index (κ3) is 8.72. The zero-order chi connectivity index (χ0) is 27.5. The van der Waals surface area contributed by atoms with Crippen LogP contribution in [0.4, 0.5) is 9.59 Å². The highest BCUT2D eigenvalue weighted by molar-refractivity contribution is 5.98. The van der Waals surface area contributed by atoms with Crippen LogP contribution < -0.4 is 15.4 Å². The fourth-order valence-corrected chi connectivity index (χ4v) is 3.43. The first-order chi connectivity index (χ1) is 17.6. The molecule has 1 heterocycles. The number of rotatable bonds is 5. The van der Waals surface area contributed by atoms with Gasteiger partial charge in [0.15, 0.2) is 5.78 Å². The van der Waals surface area contributed by atoms with Crippen LogP contribution in [0.2, 0.25) is 0 Å². The molecule has 0 saturated heterocycles. The zero-order valence-electron chi connectivity index (χ0n) is 21.4. The third-order valence-corrected chi connectivity index (χ3v) is 5.78. The Bertz CT molecular complexity index is 1050. The first kappa shape index (κ1) is 29.5. The van der Waals surface area contributed by atoms with E-state index in [1.54, 1.807) is 19.9 Å². The van der Waals surface area contributed by atoms with Crippen LogP contribution in [-0.2, 0) is 20.7 Å². The normalized spacial score (nSPS) is 24.1. The third-order valence-electron chi connectivity index (χ3n) is 5.78. The lowest BCUT2D eigenvalue weighted by Crippen LogP contribution is -2.32. The first-order valence-corrected chi connectivity index (χ1v) is 11.9. The molecule has 4 N–H and O–H groups in total. The Labute approximate surface area is 215 Å². The largest absolute Gasteiger partial charge is 0.458 e. The Morgan fingerprint density at radius 3 is 2.46 bits per heavy atom. The van der Waals surface area contributed by atoms with Crippen molar-refractivity contribution in [3.8, 4) is 5.75 Å². The van der Waals surface area contributed by atoms with Crippen LogP contribution in [0.1, 0.15) is 48.2 Å². The maximum atomic E-state index is 13.3. The summed E-state index contributed by atoms with van der Waals surface area (Å²) in [6.45, 7) is 3.51. The predicted molar refractivity (Wildman–Crippen MR) is 134 cm³/mol. The second kappa shape index (κ2) is 14.1. The highest BCUT2D eigenvalue weighted by Crippen LogP contribution is 2.29. The topological polar surface area (TPSA) is 160 Å². The molecular formula is C26H34N2O9. The number of esters is 1. The number of carbonyl (C=O) groups excluding carboxylic acids is 4. The van der Waals surface area contributed by atoms with E-state index in [0.717, 1.165) is 6.08 Å². The summed E-state index contributed by atoms with van der Waals surface area (Å²) in [5.74, 6) is -1.84. The lowest BCUT2D eigenvalue weighted by Gasteiger charge is -2.21. The van der Waals surface area contributed by atoms with Gasteiger partial charge in [0.25, 0.3) is 0 Å². The highest BCUT2D eigenvalue weighted by Gasteiger charge is 2.26. The molecule has 37 heavy (non-hydrogen) atoms. The average Bonchev–Trinajstić information content (AvgIpc) is 2.87. The number of aliphatic hydroxyl groups is 2. The summed E-state index contributed by atoms with van der Waals surface area (Å²) in [7, 11) is 2.83. The number of alkyl carbamates (subject to hydrolysis) is 1. The zero-order valence-corrected chi connectivity index (χ0v) is 21.4. The lowest BCUT2D eigenvalue weighted by atomic mass is 9.97. The Hall–Kier alpha value is -3.70. The second-order valence-electron chi connectivity index (χ2n) is 8.57. The van der Waals surface area contributed by atoms with Crippen LogP contribution in [0.25, 0.3) is 6.08 Å². The summed E-state index contributed by atoms with van der Waals surface area (Å²) >= 11 is 0. The van der Waals surface area contributed by atoms with E-state index >= 15 is 0 Å². The maximum Gasteiger partial charge on any atom is 0.412 e. The van der Waals surface area contributed by atoms with Gasteiger partial charge in [0.05, 0.1) is 12.7 Å². The van der Waals surface area contributed by atoms with Crippen molar-refractivity contribution >= 4 is 30.0 Å². The molecule has 1 aliphatic heterocycles. The molecule has 1 aromatic rings. The van der Waals surface area contributed by atoms with E-state index < -0.39 is 48.2 Å². The van der Waals surface area contributed by atoms with Crippen LogP contribution in [-0.4, -0.2) is 73.2 Å². The number of aryl methyl sites for hydroxylation is 1. The number of fused-ring (bicyclic) bond motifs is 1. The summed E-state index contributed by atoms with van der Waals surface area (Å²) in [5.41, 5.74) is 1.02. The van der Waals surface area contributed by atoms with Crippen molar-refractivity contribution in [3.05, 3.63) is 47.1 Å². The fourth-order valence-electron chi connectivity index (χ4n) is 3.43. The van der Waals surface area contributed by atoms with Crippen molar-refractivity contribution in [2.75, 3.05) is 20.7 Å². The molecule has 11 nitrogen and oxygen atoms in total. The van der Waals surface area contributed by atoms with E-state index in [0.29, 0.717) is 24.0 Å². The summed E-state index contributed by atoms with van der Waals surface area (Å²) in [4.78, 5) is 48.8. The monoisotopic (exact) mass is 518 g/mol. The molecule has 0 spiro atoms. The quantitative estimate of drug-likeness (QED) is 0.338. The van der Waals surface area contributed by atoms with Crippen LogP contribution in [0.5, 0.6) is 5.75 Å². The van der Waals surface area contributed by atoms with E-state index in [2.05, 4.69) is 10.6 Å². The first-order valence-electron chi connectivity index (χ1n) is 11.9.